The Balaban J connectivity index is 2.45. The molecule has 0 atom stereocenters. The topological polar surface area (TPSA) is 43.8 Å². The molecule has 2 rings (SSSR count). The average molecular weight is 219 g/mol. The summed E-state index contributed by atoms with van der Waals surface area (Å²) < 4.78 is 1.80. The van der Waals surface area contributed by atoms with E-state index in [1.54, 1.807) is 16.4 Å². The van der Waals surface area contributed by atoms with Crippen LogP contribution in [0.2, 0.25) is 0 Å². The molecule has 1 heterocycles. The van der Waals surface area contributed by atoms with E-state index in [-0.39, 0.29) is 0 Å². The Hall–Kier alpha value is -1.42. The van der Waals surface area contributed by atoms with E-state index >= 15 is 0 Å². The van der Waals surface area contributed by atoms with Crippen LogP contribution in [0.4, 0.5) is 5.69 Å². The highest BCUT2D eigenvalue weighted by Gasteiger charge is 2.03. The fourth-order valence-corrected chi connectivity index (χ4v) is 2.01. The van der Waals surface area contributed by atoms with Crippen LogP contribution in [0, 0.1) is 0 Å². The van der Waals surface area contributed by atoms with Crippen molar-refractivity contribution in [1.82, 2.24) is 9.78 Å². The Morgan fingerprint density at radius 1 is 1.33 bits per heavy atom. The molecule has 0 saturated carbocycles. The predicted molar refractivity (Wildman–Crippen MR) is 64.8 cm³/mol. The van der Waals surface area contributed by atoms with Crippen LogP contribution in [-0.2, 0) is 7.05 Å². The Morgan fingerprint density at radius 2 is 2.13 bits per heavy atom. The van der Waals surface area contributed by atoms with Crippen molar-refractivity contribution in [2.24, 2.45) is 7.05 Å². The summed E-state index contributed by atoms with van der Waals surface area (Å²) in [6.45, 7) is 0. The minimum absolute atomic E-state index is 0.829. The summed E-state index contributed by atoms with van der Waals surface area (Å²) in [7, 11) is 1.91. The van der Waals surface area contributed by atoms with Gasteiger partial charge >= 0.3 is 0 Å². The molecule has 2 N–H and O–H groups in total. The quantitative estimate of drug-likeness (QED) is 0.623. The van der Waals surface area contributed by atoms with Gasteiger partial charge in [0, 0.05) is 29.4 Å². The van der Waals surface area contributed by atoms with Crippen LogP contribution in [0.5, 0.6) is 0 Å². The molecule has 0 saturated heterocycles. The Labute approximate surface area is 93.3 Å². The second-order valence-corrected chi connectivity index (χ2v) is 4.21. The number of hydrogen-bond donors (Lipinski definition) is 1. The van der Waals surface area contributed by atoms with Crippen molar-refractivity contribution in [3.8, 4) is 11.1 Å². The maximum atomic E-state index is 5.84. The van der Waals surface area contributed by atoms with Crippen LogP contribution < -0.4 is 5.73 Å². The maximum Gasteiger partial charge on any atom is 0.0568 e. The second-order valence-electron chi connectivity index (χ2n) is 3.36. The standard InChI is InChI=1S/C11H13N3S/c1-14-7-9(6-13-14)8-3-4-10(12)11(5-8)15-2/h3-7H,12H2,1-2H3. The smallest absolute Gasteiger partial charge is 0.0568 e. The van der Waals surface area contributed by atoms with Gasteiger partial charge in [-0.2, -0.15) is 5.10 Å². The molecular weight excluding hydrogens is 206 g/mol. The van der Waals surface area contributed by atoms with Crippen molar-refractivity contribution in [3.05, 3.63) is 30.6 Å². The van der Waals surface area contributed by atoms with Crippen molar-refractivity contribution in [2.75, 3.05) is 12.0 Å². The first-order valence-electron chi connectivity index (χ1n) is 4.63. The lowest BCUT2D eigenvalue weighted by Gasteiger charge is -2.04. The molecule has 0 aliphatic carbocycles. The molecule has 0 fully saturated rings. The molecule has 0 radical (unpaired) electrons. The molecule has 0 amide bonds. The summed E-state index contributed by atoms with van der Waals surface area (Å²) in [6.07, 6.45) is 5.88. The van der Waals surface area contributed by atoms with Crippen molar-refractivity contribution >= 4 is 17.4 Å². The zero-order chi connectivity index (χ0) is 10.8. The van der Waals surface area contributed by atoms with Crippen LogP contribution in [-0.4, -0.2) is 16.0 Å². The number of benzene rings is 1. The SMILES string of the molecule is CSc1cc(-c2cnn(C)c2)ccc1N. The third-order valence-corrected chi connectivity index (χ3v) is 3.07. The number of anilines is 1. The van der Waals surface area contributed by atoms with Crippen LogP contribution >= 0.6 is 11.8 Å². The fraction of sp³-hybridized carbons (Fsp3) is 0.182. The van der Waals surface area contributed by atoms with Gasteiger partial charge in [0.25, 0.3) is 0 Å². The van der Waals surface area contributed by atoms with Gasteiger partial charge in [0.05, 0.1) is 6.20 Å². The Kier molecular flexibility index (Phi) is 2.68. The summed E-state index contributed by atoms with van der Waals surface area (Å²) in [6, 6.07) is 6.05. The number of nitrogen functional groups attached to an aromatic ring is 1. The van der Waals surface area contributed by atoms with E-state index in [9.17, 15) is 0 Å². The number of thioether (sulfide) groups is 1. The van der Waals surface area contributed by atoms with Gasteiger partial charge in [0.15, 0.2) is 0 Å². The third kappa shape index (κ3) is 1.99. The minimum Gasteiger partial charge on any atom is -0.398 e. The van der Waals surface area contributed by atoms with E-state index in [1.807, 2.05) is 37.8 Å². The van der Waals surface area contributed by atoms with Crippen LogP contribution in [0.25, 0.3) is 11.1 Å². The zero-order valence-corrected chi connectivity index (χ0v) is 9.58. The fourth-order valence-electron chi connectivity index (χ4n) is 1.46. The summed E-state index contributed by atoms with van der Waals surface area (Å²) >= 11 is 1.66. The highest BCUT2D eigenvalue weighted by molar-refractivity contribution is 7.98. The van der Waals surface area contributed by atoms with E-state index in [4.69, 9.17) is 5.73 Å². The number of nitrogens with zero attached hydrogens (tertiary/aromatic N) is 2. The van der Waals surface area contributed by atoms with Gasteiger partial charge in [-0.3, -0.25) is 4.68 Å². The van der Waals surface area contributed by atoms with E-state index in [0.717, 1.165) is 21.7 Å². The second kappa shape index (κ2) is 3.98. The lowest BCUT2D eigenvalue weighted by molar-refractivity contribution is 0.768. The van der Waals surface area contributed by atoms with Crippen molar-refractivity contribution < 1.29 is 0 Å². The summed E-state index contributed by atoms with van der Waals surface area (Å²) in [5.74, 6) is 0. The molecule has 0 bridgehead atoms. The van der Waals surface area contributed by atoms with E-state index in [0.29, 0.717) is 0 Å². The molecule has 4 heteroatoms. The maximum absolute atomic E-state index is 5.84. The number of hydrogen-bond acceptors (Lipinski definition) is 3. The molecule has 0 unspecified atom stereocenters. The molecule has 1 aromatic carbocycles. The largest absolute Gasteiger partial charge is 0.398 e. The van der Waals surface area contributed by atoms with Crippen LogP contribution in [0.3, 0.4) is 0 Å². The normalized spacial score (nSPS) is 10.5. The van der Waals surface area contributed by atoms with Gasteiger partial charge in [-0.15, -0.1) is 11.8 Å². The lowest BCUT2D eigenvalue weighted by Crippen LogP contribution is -1.88. The summed E-state index contributed by atoms with van der Waals surface area (Å²) in [4.78, 5) is 1.11. The molecule has 78 valence electrons. The molecular formula is C11H13N3S. The average Bonchev–Trinajstić information content (AvgIpc) is 2.66. The molecule has 0 spiro atoms. The van der Waals surface area contributed by atoms with Gasteiger partial charge in [-0.05, 0) is 24.0 Å². The lowest BCUT2D eigenvalue weighted by atomic mass is 10.1. The molecule has 0 aliphatic heterocycles. The summed E-state index contributed by atoms with van der Waals surface area (Å²) in [5.41, 5.74) is 8.94. The first kappa shape index (κ1) is 10.1. The van der Waals surface area contributed by atoms with Crippen molar-refractivity contribution in [1.29, 1.82) is 0 Å². The van der Waals surface area contributed by atoms with Gasteiger partial charge in [0.2, 0.25) is 0 Å². The van der Waals surface area contributed by atoms with Crippen LogP contribution in [0.1, 0.15) is 0 Å². The number of aromatic nitrogens is 2. The molecule has 0 aliphatic rings. The van der Waals surface area contributed by atoms with Gasteiger partial charge in [0.1, 0.15) is 0 Å². The van der Waals surface area contributed by atoms with Gasteiger partial charge in [-0.25, -0.2) is 0 Å². The molecule has 2 aromatic rings. The molecule has 3 nitrogen and oxygen atoms in total. The predicted octanol–water partition coefficient (Wildman–Crippen LogP) is 2.39. The van der Waals surface area contributed by atoms with Gasteiger partial charge in [-0.1, -0.05) is 6.07 Å². The molecule has 15 heavy (non-hydrogen) atoms. The Morgan fingerprint density at radius 3 is 2.73 bits per heavy atom. The number of aryl methyl sites for hydroxylation is 1. The highest BCUT2D eigenvalue weighted by Crippen LogP contribution is 2.28. The highest BCUT2D eigenvalue weighted by atomic mass is 32.2. The summed E-state index contributed by atoms with van der Waals surface area (Å²) in [5, 5.41) is 4.15. The van der Waals surface area contributed by atoms with Crippen LogP contribution in [0.15, 0.2) is 35.5 Å². The van der Waals surface area contributed by atoms with E-state index in [1.165, 1.54) is 0 Å². The minimum atomic E-state index is 0.829. The van der Waals surface area contributed by atoms with E-state index < -0.39 is 0 Å². The van der Waals surface area contributed by atoms with E-state index in [2.05, 4.69) is 11.2 Å². The van der Waals surface area contributed by atoms with Crippen molar-refractivity contribution in [2.45, 2.75) is 4.90 Å². The monoisotopic (exact) mass is 219 g/mol. The zero-order valence-electron chi connectivity index (χ0n) is 8.77. The van der Waals surface area contributed by atoms with Gasteiger partial charge < -0.3 is 5.73 Å². The first-order chi connectivity index (χ1) is 7.20. The number of rotatable bonds is 2. The first-order valence-corrected chi connectivity index (χ1v) is 5.85. The number of nitrogens with two attached hydrogens (primary N) is 1. The Bertz CT molecular complexity index is 476. The third-order valence-electron chi connectivity index (χ3n) is 2.27. The molecule has 1 aromatic heterocycles. The van der Waals surface area contributed by atoms with Crippen molar-refractivity contribution in [3.63, 3.8) is 0 Å².